The van der Waals surface area contributed by atoms with Crippen molar-refractivity contribution < 1.29 is 4.39 Å². The molecule has 3 heterocycles. The number of hydrogen-bond acceptors (Lipinski definition) is 6. The van der Waals surface area contributed by atoms with Crippen molar-refractivity contribution in [3.8, 4) is 11.1 Å². The molecule has 0 spiro atoms. The summed E-state index contributed by atoms with van der Waals surface area (Å²) < 4.78 is 17.7. The van der Waals surface area contributed by atoms with E-state index in [0.29, 0.717) is 23.1 Å². The molecule has 9 heteroatoms. The van der Waals surface area contributed by atoms with E-state index in [4.69, 9.17) is 11.5 Å². The van der Waals surface area contributed by atoms with Gasteiger partial charge in [0, 0.05) is 28.1 Å². The Bertz CT molecular complexity index is 1500. The summed E-state index contributed by atoms with van der Waals surface area (Å²) in [7, 11) is 1.96. The topological polar surface area (TPSA) is 112 Å². The summed E-state index contributed by atoms with van der Waals surface area (Å²) in [6.07, 6.45) is 3.46. The molecule has 0 fully saturated rings. The van der Waals surface area contributed by atoms with Crippen molar-refractivity contribution in [2.45, 2.75) is 32.2 Å². The first-order valence-corrected chi connectivity index (χ1v) is 11.8. The number of benzene rings is 2. The van der Waals surface area contributed by atoms with Gasteiger partial charge in [0.25, 0.3) is 0 Å². The first kappa shape index (κ1) is 22.8. The van der Waals surface area contributed by atoms with Gasteiger partial charge in [-0.25, -0.2) is 18.6 Å². The van der Waals surface area contributed by atoms with Crippen molar-refractivity contribution in [3.63, 3.8) is 0 Å². The molecular formula is C26H29FN8. The van der Waals surface area contributed by atoms with E-state index in [1.807, 2.05) is 29.8 Å². The predicted molar refractivity (Wildman–Crippen MR) is 138 cm³/mol. The molecule has 180 valence electrons. The lowest BCUT2D eigenvalue weighted by molar-refractivity contribution is 0.556. The Morgan fingerprint density at radius 1 is 1.11 bits per heavy atom. The first-order valence-electron chi connectivity index (χ1n) is 11.8. The van der Waals surface area contributed by atoms with Crippen LogP contribution in [0, 0.1) is 5.82 Å². The Morgan fingerprint density at radius 3 is 2.71 bits per heavy atom. The maximum absolute atomic E-state index is 14.2. The molecule has 35 heavy (non-hydrogen) atoms. The smallest absolute Gasteiger partial charge is 0.151 e. The third-order valence-electron chi connectivity index (χ3n) is 6.63. The molecule has 5 N–H and O–H groups in total. The van der Waals surface area contributed by atoms with Crippen LogP contribution in [0.5, 0.6) is 0 Å². The molecule has 0 aliphatic heterocycles. The zero-order chi connectivity index (χ0) is 24.5. The van der Waals surface area contributed by atoms with Crippen molar-refractivity contribution in [3.05, 3.63) is 71.9 Å². The molecule has 0 saturated heterocycles. The fourth-order valence-electron chi connectivity index (χ4n) is 4.71. The Labute approximate surface area is 202 Å². The number of nitrogens with one attached hydrogen (secondary N) is 1. The highest BCUT2D eigenvalue weighted by Gasteiger charge is 2.21. The Kier molecular flexibility index (Phi) is 6.08. The molecular weight excluding hydrogens is 443 g/mol. The highest BCUT2D eigenvalue weighted by molar-refractivity contribution is 5.96. The van der Waals surface area contributed by atoms with Gasteiger partial charge in [0.05, 0.1) is 12.1 Å². The maximum atomic E-state index is 14.2. The van der Waals surface area contributed by atoms with Gasteiger partial charge in [-0.3, -0.25) is 0 Å². The van der Waals surface area contributed by atoms with E-state index in [1.165, 1.54) is 12.4 Å². The predicted octanol–water partition coefficient (Wildman–Crippen LogP) is 4.20. The number of halogens is 1. The largest absolute Gasteiger partial charge is 0.383 e. The summed E-state index contributed by atoms with van der Waals surface area (Å²) in [6, 6.07) is 14.8. The lowest BCUT2D eigenvalue weighted by atomic mass is 9.97. The molecule has 1 atom stereocenters. The van der Waals surface area contributed by atoms with Crippen LogP contribution in [0.4, 0.5) is 16.0 Å². The number of nitrogen functional groups attached to an aromatic ring is 2. The van der Waals surface area contributed by atoms with Gasteiger partial charge in [0.1, 0.15) is 23.5 Å². The van der Waals surface area contributed by atoms with E-state index in [-0.39, 0.29) is 12.4 Å². The zero-order valence-corrected chi connectivity index (χ0v) is 19.9. The molecule has 8 nitrogen and oxygen atoms in total. The van der Waals surface area contributed by atoms with Gasteiger partial charge in [-0.15, -0.1) is 0 Å². The van der Waals surface area contributed by atoms with Crippen LogP contribution in [0.3, 0.4) is 0 Å². The SMILES string of the molecule is CCC(CCNC)c1cc(-c2ccc3c(N)n(Cc4ccccc4F)nc3c2)c2c(N)ncnn12. The Morgan fingerprint density at radius 2 is 1.94 bits per heavy atom. The Hall–Kier alpha value is -3.98. The number of aromatic nitrogens is 5. The number of nitrogens with two attached hydrogens (primary N) is 2. The molecule has 0 aliphatic rings. The van der Waals surface area contributed by atoms with Crippen LogP contribution in [0.15, 0.2) is 54.9 Å². The van der Waals surface area contributed by atoms with Crippen LogP contribution in [0.1, 0.15) is 36.9 Å². The van der Waals surface area contributed by atoms with Crippen LogP contribution in [-0.4, -0.2) is 38.0 Å². The van der Waals surface area contributed by atoms with Crippen LogP contribution < -0.4 is 16.8 Å². The first-order chi connectivity index (χ1) is 17.0. The van der Waals surface area contributed by atoms with E-state index in [9.17, 15) is 4.39 Å². The third-order valence-corrected chi connectivity index (χ3v) is 6.63. The molecule has 5 rings (SSSR count). The number of anilines is 2. The van der Waals surface area contributed by atoms with Gasteiger partial charge in [0.2, 0.25) is 0 Å². The normalized spacial score (nSPS) is 12.5. The Balaban J connectivity index is 1.60. The zero-order valence-electron chi connectivity index (χ0n) is 19.9. The summed E-state index contributed by atoms with van der Waals surface area (Å²) in [4.78, 5) is 4.25. The summed E-state index contributed by atoms with van der Waals surface area (Å²) in [5.41, 5.74) is 17.8. The van der Waals surface area contributed by atoms with Crippen molar-refractivity contribution in [2.24, 2.45) is 0 Å². The molecule has 0 aliphatic carbocycles. The van der Waals surface area contributed by atoms with Gasteiger partial charge in [-0.1, -0.05) is 31.2 Å². The van der Waals surface area contributed by atoms with Crippen molar-refractivity contribution in [1.29, 1.82) is 0 Å². The van der Waals surface area contributed by atoms with E-state index >= 15 is 0 Å². The van der Waals surface area contributed by atoms with Crippen molar-refractivity contribution in [1.82, 2.24) is 29.7 Å². The van der Waals surface area contributed by atoms with Gasteiger partial charge >= 0.3 is 0 Å². The van der Waals surface area contributed by atoms with Crippen LogP contribution in [0.25, 0.3) is 27.5 Å². The second-order valence-corrected chi connectivity index (χ2v) is 8.75. The van der Waals surface area contributed by atoms with Gasteiger partial charge in [-0.2, -0.15) is 10.2 Å². The lowest BCUT2D eigenvalue weighted by Crippen LogP contribution is -2.13. The van der Waals surface area contributed by atoms with Gasteiger partial charge in [-0.05, 0) is 56.3 Å². The van der Waals surface area contributed by atoms with Crippen LogP contribution in [-0.2, 0) is 6.54 Å². The lowest BCUT2D eigenvalue weighted by Gasteiger charge is -2.14. The molecule has 0 saturated carbocycles. The minimum Gasteiger partial charge on any atom is -0.383 e. The summed E-state index contributed by atoms with van der Waals surface area (Å²) in [6.45, 7) is 3.35. The quantitative estimate of drug-likeness (QED) is 0.312. The highest BCUT2D eigenvalue weighted by Crippen LogP contribution is 2.36. The second kappa shape index (κ2) is 9.34. The monoisotopic (exact) mass is 472 g/mol. The molecule has 0 amide bonds. The molecule has 3 aromatic heterocycles. The fraction of sp³-hybridized carbons (Fsp3) is 0.269. The average Bonchev–Trinajstić information content (AvgIpc) is 3.40. The van der Waals surface area contributed by atoms with Crippen LogP contribution >= 0.6 is 0 Å². The van der Waals surface area contributed by atoms with Crippen molar-refractivity contribution in [2.75, 3.05) is 25.1 Å². The number of hydrogen-bond donors (Lipinski definition) is 3. The molecule has 2 aromatic carbocycles. The van der Waals surface area contributed by atoms with E-state index < -0.39 is 0 Å². The average molecular weight is 473 g/mol. The molecule has 0 bridgehead atoms. The second-order valence-electron chi connectivity index (χ2n) is 8.75. The fourth-order valence-corrected chi connectivity index (χ4v) is 4.71. The standard InChI is InChI=1S/C26H29FN8/c1-3-16(10-11-30-2)23-13-20(24-25(28)31-15-32-35(23)24)17-8-9-19-22(12-17)33-34(26(19)29)14-18-6-4-5-7-21(18)27/h4-9,12-13,15-16,30H,3,10-11,14,29H2,1-2H3,(H2,28,31,32). The maximum Gasteiger partial charge on any atom is 0.151 e. The third kappa shape index (κ3) is 4.08. The number of rotatable bonds is 8. The number of nitrogens with zero attached hydrogens (tertiary/aromatic N) is 5. The summed E-state index contributed by atoms with van der Waals surface area (Å²) in [5, 5.41) is 13.3. The van der Waals surface area contributed by atoms with Crippen molar-refractivity contribution >= 4 is 28.1 Å². The number of fused-ring (bicyclic) bond motifs is 2. The van der Waals surface area contributed by atoms with E-state index in [2.05, 4.69) is 33.5 Å². The molecule has 0 radical (unpaired) electrons. The van der Waals surface area contributed by atoms with E-state index in [0.717, 1.165) is 52.6 Å². The minimum atomic E-state index is -0.279. The van der Waals surface area contributed by atoms with Gasteiger partial charge < -0.3 is 16.8 Å². The highest BCUT2D eigenvalue weighted by atomic mass is 19.1. The molecule has 5 aromatic rings. The minimum absolute atomic E-state index is 0.256. The summed E-state index contributed by atoms with van der Waals surface area (Å²) in [5.74, 6) is 0.962. The van der Waals surface area contributed by atoms with Gasteiger partial charge in [0.15, 0.2) is 5.82 Å². The summed E-state index contributed by atoms with van der Waals surface area (Å²) >= 11 is 0. The molecule has 1 unspecified atom stereocenters. The van der Waals surface area contributed by atoms with E-state index in [1.54, 1.807) is 22.9 Å². The van der Waals surface area contributed by atoms with Crippen LogP contribution in [0.2, 0.25) is 0 Å².